The van der Waals surface area contributed by atoms with Crippen LogP contribution in [-0.4, -0.2) is 23.1 Å². The van der Waals surface area contributed by atoms with Gasteiger partial charge in [-0.2, -0.15) is 0 Å². The van der Waals surface area contributed by atoms with E-state index in [-0.39, 0.29) is 12.2 Å². The Labute approximate surface area is 96.4 Å². The maximum Gasteiger partial charge on any atom is 0.270 e. The number of nitrogens with one attached hydrogen (secondary N) is 1. The molecule has 2 aromatic rings. The third kappa shape index (κ3) is 2.47. The van der Waals surface area contributed by atoms with Crippen LogP contribution in [0, 0.1) is 10.1 Å². The summed E-state index contributed by atoms with van der Waals surface area (Å²) in [7, 11) is 0. The van der Waals surface area contributed by atoms with Gasteiger partial charge in [0.15, 0.2) is 0 Å². The predicted molar refractivity (Wildman–Crippen MR) is 62.9 cm³/mol. The van der Waals surface area contributed by atoms with Crippen molar-refractivity contribution in [1.29, 1.82) is 0 Å². The Balaban J connectivity index is 2.36. The van der Waals surface area contributed by atoms with Crippen molar-refractivity contribution in [3.8, 4) is 0 Å². The second-order valence-electron chi connectivity index (χ2n) is 3.45. The highest BCUT2D eigenvalue weighted by atomic mass is 19.1. The predicted octanol–water partition coefficient (Wildman–Crippen LogP) is 2.52. The van der Waals surface area contributed by atoms with Crippen molar-refractivity contribution in [2.45, 2.75) is 0 Å². The van der Waals surface area contributed by atoms with Gasteiger partial charge in [-0.05, 0) is 18.2 Å². The van der Waals surface area contributed by atoms with Crippen molar-refractivity contribution in [3.63, 3.8) is 0 Å². The summed E-state index contributed by atoms with van der Waals surface area (Å²) in [6.45, 7) is -0.272. The van der Waals surface area contributed by atoms with Crippen molar-refractivity contribution in [1.82, 2.24) is 4.98 Å². The van der Waals surface area contributed by atoms with Gasteiger partial charge in [-0.3, -0.25) is 10.1 Å². The minimum Gasteiger partial charge on any atom is -0.367 e. The number of rotatable bonds is 4. The number of hydrogen-bond acceptors (Lipinski definition) is 4. The SMILES string of the molecule is O=[N+]([O-])c1ccc2nc(NCCF)ccc2c1. The average Bonchev–Trinajstić information content (AvgIpc) is 2.35. The first-order valence-electron chi connectivity index (χ1n) is 5.06. The number of aromatic nitrogens is 1. The first-order valence-corrected chi connectivity index (χ1v) is 5.06. The molecule has 0 bridgehead atoms. The Morgan fingerprint density at radius 2 is 2.18 bits per heavy atom. The number of nitrogens with zero attached hydrogens (tertiary/aromatic N) is 2. The summed E-state index contributed by atoms with van der Waals surface area (Å²) in [5.74, 6) is 0.559. The summed E-state index contributed by atoms with van der Waals surface area (Å²) in [4.78, 5) is 14.3. The van der Waals surface area contributed by atoms with Gasteiger partial charge in [0.05, 0.1) is 10.4 Å². The Hall–Kier alpha value is -2.24. The molecule has 1 aromatic heterocycles. The fourth-order valence-electron chi connectivity index (χ4n) is 1.50. The Morgan fingerprint density at radius 1 is 1.35 bits per heavy atom. The molecule has 0 radical (unpaired) electrons. The largest absolute Gasteiger partial charge is 0.367 e. The van der Waals surface area contributed by atoms with Crippen LogP contribution in [-0.2, 0) is 0 Å². The van der Waals surface area contributed by atoms with Crippen LogP contribution in [0.15, 0.2) is 30.3 Å². The molecule has 0 amide bonds. The maximum absolute atomic E-state index is 12.0. The highest BCUT2D eigenvalue weighted by Gasteiger charge is 2.06. The molecule has 6 heteroatoms. The summed E-state index contributed by atoms with van der Waals surface area (Å²) in [6.07, 6.45) is 0. The quantitative estimate of drug-likeness (QED) is 0.653. The molecule has 2 rings (SSSR count). The van der Waals surface area contributed by atoms with E-state index in [4.69, 9.17) is 0 Å². The van der Waals surface area contributed by atoms with E-state index in [0.29, 0.717) is 16.7 Å². The lowest BCUT2D eigenvalue weighted by molar-refractivity contribution is -0.384. The van der Waals surface area contributed by atoms with E-state index in [1.165, 1.54) is 12.1 Å². The zero-order valence-corrected chi connectivity index (χ0v) is 8.89. The summed E-state index contributed by atoms with van der Waals surface area (Å²) >= 11 is 0. The van der Waals surface area contributed by atoms with Gasteiger partial charge in [-0.1, -0.05) is 0 Å². The van der Waals surface area contributed by atoms with Gasteiger partial charge >= 0.3 is 0 Å². The highest BCUT2D eigenvalue weighted by molar-refractivity contribution is 5.82. The van der Waals surface area contributed by atoms with E-state index in [1.807, 2.05) is 0 Å². The van der Waals surface area contributed by atoms with Crippen molar-refractivity contribution < 1.29 is 9.31 Å². The molecule has 5 nitrogen and oxygen atoms in total. The lowest BCUT2D eigenvalue weighted by Gasteiger charge is -2.04. The molecule has 0 aliphatic rings. The average molecular weight is 235 g/mol. The molecular formula is C11H10FN3O2. The molecule has 0 unspecified atom stereocenters. The molecule has 0 fully saturated rings. The van der Waals surface area contributed by atoms with Crippen molar-refractivity contribution >= 4 is 22.4 Å². The topological polar surface area (TPSA) is 68.1 Å². The van der Waals surface area contributed by atoms with Gasteiger partial charge in [0.25, 0.3) is 5.69 Å². The van der Waals surface area contributed by atoms with Crippen LogP contribution in [0.25, 0.3) is 10.9 Å². The molecule has 1 N–H and O–H groups in total. The van der Waals surface area contributed by atoms with Gasteiger partial charge < -0.3 is 5.32 Å². The van der Waals surface area contributed by atoms with Crippen molar-refractivity contribution in [2.75, 3.05) is 18.5 Å². The van der Waals surface area contributed by atoms with Crippen molar-refractivity contribution in [2.24, 2.45) is 0 Å². The number of nitro groups is 1. The number of non-ortho nitro benzene ring substituents is 1. The Kier molecular flexibility index (Phi) is 3.13. The molecule has 88 valence electrons. The van der Waals surface area contributed by atoms with E-state index >= 15 is 0 Å². The smallest absolute Gasteiger partial charge is 0.270 e. The van der Waals surface area contributed by atoms with E-state index in [9.17, 15) is 14.5 Å². The first kappa shape index (κ1) is 11.3. The number of fused-ring (bicyclic) bond motifs is 1. The number of benzene rings is 1. The van der Waals surface area contributed by atoms with Gasteiger partial charge in [-0.15, -0.1) is 0 Å². The van der Waals surface area contributed by atoms with E-state index in [0.717, 1.165) is 0 Å². The number of halogens is 1. The zero-order chi connectivity index (χ0) is 12.3. The number of nitro benzene ring substituents is 1. The molecular weight excluding hydrogens is 225 g/mol. The van der Waals surface area contributed by atoms with Gasteiger partial charge in [0.1, 0.15) is 12.5 Å². The minimum atomic E-state index is -0.472. The first-order chi connectivity index (χ1) is 8.20. The monoisotopic (exact) mass is 235 g/mol. The maximum atomic E-state index is 12.0. The van der Waals surface area contributed by atoms with Crippen LogP contribution in [0.5, 0.6) is 0 Å². The molecule has 0 saturated heterocycles. The summed E-state index contributed by atoms with van der Waals surface area (Å²) in [5, 5.41) is 14.1. The lowest BCUT2D eigenvalue weighted by atomic mass is 10.2. The molecule has 0 aliphatic heterocycles. The molecule has 1 aromatic carbocycles. The molecule has 0 atom stereocenters. The third-order valence-corrected chi connectivity index (χ3v) is 2.28. The number of anilines is 1. The van der Waals surface area contributed by atoms with Crippen LogP contribution < -0.4 is 5.32 Å². The van der Waals surface area contributed by atoms with Gasteiger partial charge in [0, 0.05) is 24.1 Å². The number of hydrogen-bond donors (Lipinski definition) is 1. The molecule has 1 heterocycles. The molecule has 0 saturated carbocycles. The molecule has 0 aliphatic carbocycles. The standard InChI is InChI=1S/C11H10FN3O2/c12-5-6-13-11-4-1-8-7-9(15(16)17)2-3-10(8)14-11/h1-4,7H,5-6H2,(H,13,14). The lowest BCUT2D eigenvalue weighted by Crippen LogP contribution is -2.04. The third-order valence-electron chi connectivity index (χ3n) is 2.28. The van der Waals surface area contributed by atoms with Crippen LogP contribution in [0.1, 0.15) is 0 Å². The zero-order valence-electron chi connectivity index (χ0n) is 8.89. The van der Waals surface area contributed by atoms with E-state index < -0.39 is 11.6 Å². The second-order valence-corrected chi connectivity index (χ2v) is 3.45. The Morgan fingerprint density at radius 3 is 2.88 bits per heavy atom. The van der Waals surface area contributed by atoms with Crippen LogP contribution in [0.3, 0.4) is 0 Å². The van der Waals surface area contributed by atoms with Crippen LogP contribution >= 0.6 is 0 Å². The minimum absolute atomic E-state index is 0.0313. The normalized spacial score (nSPS) is 10.4. The van der Waals surface area contributed by atoms with Crippen molar-refractivity contribution in [3.05, 3.63) is 40.4 Å². The highest BCUT2D eigenvalue weighted by Crippen LogP contribution is 2.20. The summed E-state index contributed by atoms with van der Waals surface area (Å²) < 4.78 is 12.0. The number of alkyl halides is 1. The van der Waals surface area contributed by atoms with Gasteiger partial charge in [0.2, 0.25) is 0 Å². The summed E-state index contributed by atoms with van der Waals surface area (Å²) in [6, 6.07) is 7.82. The Bertz CT molecular complexity index is 559. The van der Waals surface area contributed by atoms with E-state index in [1.54, 1.807) is 18.2 Å². The summed E-state index contributed by atoms with van der Waals surface area (Å²) in [5.41, 5.74) is 0.670. The van der Waals surface area contributed by atoms with E-state index in [2.05, 4.69) is 10.3 Å². The van der Waals surface area contributed by atoms with Crippen LogP contribution in [0.4, 0.5) is 15.9 Å². The fraction of sp³-hybridized carbons (Fsp3) is 0.182. The molecule has 17 heavy (non-hydrogen) atoms. The molecule has 0 spiro atoms. The number of pyridine rings is 1. The van der Waals surface area contributed by atoms with Gasteiger partial charge in [-0.25, -0.2) is 9.37 Å². The second kappa shape index (κ2) is 4.73. The van der Waals surface area contributed by atoms with Crippen LogP contribution in [0.2, 0.25) is 0 Å². The fourth-order valence-corrected chi connectivity index (χ4v) is 1.50.